The summed E-state index contributed by atoms with van der Waals surface area (Å²) >= 11 is 0. The standard InChI is InChI=1S/C16H32N2O/c1-4-17(5-2)12-8-13-18(6-3)14-11-15-9-7-10-16(15)19/h15H,4-14H2,1-3H3. The lowest BCUT2D eigenvalue weighted by Crippen LogP contribution is -2.31. The SMILES string of the molecule is CCN(CC)CCCN(CC)CCC1CCCC1=O. The Hall–Kier alpha value is -0.410. The number of carbonyl (C=O) groups excluding carboxylic acids is 1. The van der Waals surface area contributed by atoms with Crippen molar-refractivity contribution >= 4 is 5.78 Å². The summed E-state index contributed by atoms with van der Waals surface area (Å²) in [6.45, 7) is 13.6. The van der Waals surface area contributed by atoms with Gasteiger partial charge >= 0.3 is 0 Å². The summed E-state index contributed by atoms with van der Waals surface area (Å²) in [5.41, 5.74) is 0. The highest BCUT2D eigenvalue weighted by Crippen LogP contribution is 2.24. The Bertz CT molecular complexity index is 251. The normalized spacial score (nSPS) is 19.8. The maximum Gasteiger partial charge on any atom is 0.136 e. The highest BCUT2D eigenvalue weighted by Gasteiger charge is 2.24. The molecule has 1 aliphatic carbocycles. The van der Waals surface area contributed by atoms with Crippen LogP contribution < -0.4 is 0 Å². The summed E-state index contributed by atoms with van der Waals surface area (Å²) in [5.74, 6) is 0.885. The quantitative estimate of drug-likeness (QED) is 0.609. The number of rotatable bonds is 10. The van der Waals surface area contributed by atoms with Crippen LogP contribution in [0, 0.1) is 5.92 Å². The molecule has 0 saturated heterocycles. The molecule has 0 spiro atoms. The van der Waals surface area contributed by atoms with Crippen molar-refractivity contribution in [3.05, 3.63) is 0 Å². The fourth-order valence-electron chi connectivity index (χ4n) is 3.02. The first-order valence-corrected chi connectivity index (χ1v) is 8.18. The Labute approximate surface area is 119 Å². The van der Waals surface area contributed by atoms with E-state index >= 15 is 0 Å². The summed E-state index contributed by atoms with van der Waals surface area (Å²) < 4.78 is 0. The van der Waals surface area contributed by atoms with Crippen LogP contribution in [0.25, 0.3) is 0 Å². The first-order chi connectivity index (χ1) is 9.21. The van der Waals surface area contributed by atoms with Crippen LogP contribution in [-0.2, 0) is 4.79 Å². The third-order valence-corrected chi connectivity index (χ3v) is 4.52. The molecule has 0 aromatic rings. The number of Topliss-reactive ketones (excluding diaryl/α,β-unsaturated/α-hetero) is 1. The van der Waals surface area contributed by atoms with Gasteiger partial charge in [-0.05, 0) is 65.0 Å². The molecular formula is C16H32N2O. The molecule has 1 rings (SSSR count). The molecule has 19 heavy (non-hydrogen) atoms. The van der Waals surface area contributed by atoms with E-state index in [0.29, 0.717) is 11.7 Å². The monoisotopic (exact) mass is 268 g/mol. The van der Waals surface area contributed by atoms with Crippen LogP contribution in [0.5, 0.6) is 0 Å². The number of carbonyl (C=O) groups is 1. The van der Waals surface area contributed by atoms with Crippen molar-refractivity contribution in [3.8, 4) is 0 Å². The number of hydrogen-bond donors (Lipinski definition) is 0. The Morgan fingerprint density at radius 2 is 1.63 bits per heavy atom. The Balaban J connectivity index is 2.16. The summed E-state index contributed by atoms with van der Waals surface area (Å²) in [7, 11) is 0. The fourth-order valence-corrected chi connectivity index (χ4v) is 3.02. The Morgan fingerprint density at radius 1 is 1.00 bits per heavy atom. The smallest absolute Gasteiger partial charge is 0.136 e. The lowest BCUT2D eigenvalue weighted by molar-refractivity contribution is -0.120. The average molecular weight is 268 g/mol. The van der Waals surface area contributed by atoms with Crippen molar-refractivity contribution in [2.24, 2.45) is 5.92 Å². The van der Waals surface area contributed by atoms with Crippen molar-refractivity contribution in [2.75, 3.05) is 39.3 Å². The third kappa shape index (κ3) is 6.05. The highest BCUT2D eigenvalue weighted by atomic mass is 16.1. The first kappa shape index (κ1) is 16.6. The van der Waals surface area contributed by atoms with E-state index in [-0.39, 0.29) is 0 Å². The van der Waals surface area contributed by atoms with Crippen molar-refractivity contribution in [1.29, 1.82) is 0 Å². The molecule has 1 fully saturated rings. The van der Waals surface area contributed by atoms with Crippen LogP contribution in [-0.4, -0.2) is 54.9 Å². The maximum absolute atomic E-state index is 11.6. The lowest BCUT2D eigenvalue weighted by Gasteiger charge is -2.24. The summed E-state index contributed by atoms with van der Waals surface area (Å²) in [6, 6.07) is 0. The van der Waals surface area contributed by atoms with Crippen molar-refractivity contribution in [2.45, 2.75) is 52.9 Å². The van der Waals surface area contributed by atoms with E-state index in [1.165, 1.54) is 19.5 Å². The fraction of sp³-hybridized carbons (Fsp3) is 0.938. The van der Waals surface area contributed by atoms with Crippen LogP contribution in [0.15, 0.2) is 0 Å². The van der Waals surface area contributed by atoms with Crippen LogP contribution >= 0.6 is 0 Å². The molecule has 1 atom stereocenters. The van der Waals surface area contributed by atoms with Crippen molar-refractivity contribution in [3.63, 3.8) is 0 Å². The predicted octanol–water partition coefficient (Wildman–Crippen LogP) is 2.80. The second kappa shape index (κ2) is 9.49. The van der Waals surface area contributed by atoms with E-state index in [1.54, 1.807) is 0 Å². The van der Waals surface area contributed by atoms with Gasteiger partial charge in [-0.15, -0.1) is 0 Å². The number of ketones is 1. The van der Waals surface area contributed by atoms with Gasteiger partial charge in [0.05, 0.1) is 0 Å². The Kier molecular flexibility index (Phi) is 8.31. The van der Waals surface area contributed by atoms with Gasteiger partial charge < -0.3 is 9.80 Å². The number of hydrogen-bond acceptors (Lipinski definition) is 3. The van der Waals surface area contributed by atoms with E-state index in [1.807, 2.05) is 0 Å². The first-order valence-electron chi connectivity index (χ1n) is 8.18. The zero-order valence-corrected chi connectivity index (χ0v) is 13.2. The molecule has 3 heteroatoms. The third-order valence-electron chi connectivity index (χ3n) is 4.52. The van der Waals surface area contributed by atoms with Crippen molar-refractivity contribution in [1.82, 2.24) is 9.80 Å². The van der Waals surface area contributed by atoms with E-state index < -0.39 is 0 Å². The zero-order valence-electron chi connectivity index (χ0n) is 13.2. The van der Waals surface area contributed by atoms with E-state index in [9.17, 15) is 4.79 Å². The van der Waals surface area contributed by atoms with Gasteiger partial charge in [0.25, 0.3) is 0 Å². The van der Waals surface area contributed by atoms with Crippen LogP contribution in [0.4, 0.5) is 0 Å². The predicted molar refractivity (Wildman–Crippen MR) is 81.5 cm³/mol. The van der Waals surface area contributed by atoms with E-state index in [2.05, 4.69) is 30.6 Å². The van der Waals surface area contributed by atoms with Gasteiger partial charge in [0, 0.05) is 12.3 Å². The Morgan fingerprint density at radius 3 is 2.16 bits per heavy atom. The molecule has 0 N–H and O–H groups in total. The van der Waals surface area contributed by atoms with Gasteiger partial charge in [-0.2, -0.15) is 0 Å². The minimum atomic E-state index is 0.372. The van der Waals surface area contributed by atoms with Crippen LogP contribution in [0.3, 0.4) is 0 Å². The molecule has 112 valence electrons. The molecule has 0 radical (unpaired) electrons. The number of nitrogens with zero attached hydrogens (tertiary/aromatic N) is 2. The molecule has 1 aliphatic rings. The van der Waals surface area contributed by atoms with Crippen LogP contribution in [0.1, 0.15) is 52.9 Å². The molecule has 0 aromatic carbocycles. The topological polar surface area (TPSA) is 23.6 Å². The van der Waals surface area contributed by atoms with Gasteiger partial charge in [0.1, 0.15) is 5.78 Å². The van der Waals surface area contributed by atoms with Crippen LogP contribution in [0.2, 0.25) is 0 Å². The maximum atomic E-state index is 11.6. The molecule has 0 amide bonds. The molecule has 1 unspecified atom stereocenters. The highest BCUT2D eigenvalue weighted by molar-refractivity contribution is 5.82. The van der Waals surface area contributed by atoms with Gasteiger partial charge in [0.2, 0.25) is 0 Å². The molecule has 0 bridgehead atoms. The molecule has 1 saturated carbocycles. The minimum absolute atomic E-state index is 0.372. The van der Waals surface area contributed by atoms with Gasteiger partial charge in [-0.25, -0.2) is 0 Å². The minimum Gasteiger partial charge on any atom is -0.304 e. The summed E-state index contributed by atoms with van der Waals surface area (Å²) in [6.07, 6.45) is 5.41. The largest absolute Gasteiger partial charge is 0.304 e. The van der Waals surface area contributed by atoms with Gasteiger partial charge in [0.15, 0.2) is 0 Å². The second-order valence-electron chi connectivity index (χ2n) is 5.66. The molecule has 0 heterocycles. The summed E-state index contributed by atoms with van der Waals surface area (Å²) in [5, 5.41) is 0. The summed E-state index contributed by atoms with van der Waals surface area (Å²) in [4.78, 5) is 16.6. The average Bonchev–Trinajstić information content (AvgIpc) is 2.84. The molecule has 0 aromatic heterocycles. The lowest BCUT2D eigenvalue weighted by atomic mass is 10.0. The molecular weight excluding hydrogens is 236 g/mol. The molecule has 3 nitrogen and oxygen atoms in total. The van der Waals surface area contributed by atoms with E-state index in [4.69, 9.17) is 0 Å². The van der Waals surface area contributed by atoms with Gasteiger partial charge in [-0.1, -0.05) is 20.8 Å². The molecule has 0 aliphatic heterocycles. The zero-order chi connectivity index (χ0) is 14.1. The van der Waals surface area contributed by atoms with Crippen molar-refractivity contribution < 1.29 is 4.79 Å². The second-order valence-corrected chi connectivity index (χ2v) is 5.66. The van der Waals surface area contributed by atoms with E-state index in [0.717, 1.165) is 51.9 Å². The van der Waals surface area contributed by atoms with Gasteiger partial charge in [-0.3, -0.25) is 4.79 Å².